The third-order valence-corrected chi connectivity index (χ3v) is 7.05. The standard InChI is InChI=1S/C30H27N3OS/c1-19-10-13-24(14-11-19)28-17-26(23-8-6-5-7-9-23)27(18-31)30(33-28)35-22(4)29(34)32-25-15-12-20(2)21(3)16-25/h5-17,22H,1-4H3,(H,32,34)/t22-/m0/s1. The number of rotatable bonds is 6. The Morgan fingerprint density at radius 2 is 1.63 bits per heavy atom. The van der Waals surface area contributed by atoms with Gasteiger partial charge in [0, 0.05) is 16.8 Å². The van der Waals surface area contributed by atoms with Gasteiger partial charge in [-0.3, -0.25) is 4.79 Å². The molecule has 0 saturated carbocycles. The minimum atomic E-state index is -0.451. The van der Waals surface area contributed by atoms with E-state index >= 15 is 0 Å². The molecule has 1 heterocycles. The van der Waals surface area contributed by atoms with Crippen molar-refractivity contribution in [2.24, 2.45) is 0 Å². The Hall–Kier alpha value is -3.88. The van der Waals surface area contributed by atoms with Gasteiger partial charge in [0.15, 0.2) is 0 Å². The second-order valence-corrected chi connectivity index (χ2v) is 9.96. The highest BCUT2D eigenvalue weighted by atomic mass is 32.2. The number of thioether (sulfide) groups is 1. The molecule has 0 aliphatic heterocycles. The van der Waals surface area contributed by atoms with E-state index < -0.39 is 5.25 Å². The van der Waals surface area contributed by atoms with Gasteiger partial charge in [0.2, 0.25) is 5.91 Å². The Labute approximate surface area is 211 Å². The Bertz CT molecular complexity index is 1410. The average Bonchev–Trinajstić information content (AvgIpc) is 2.86. The molecule has 174 valence electrons. The monoisotopic (exact) mass is 477 g/mol. The Balaban J connectivity index is 1.71. The quantitative estimate of drug-likeness (QED) is 0.295. The molecular formula is C30H27N3OS. The number of pyridine rings is 1. The molecule has 35 heavy (non-hydrogen) atoms. The molecule has 1 N–H and O–H groups in total. The van der Waals surface area contributed by atoms with E-state index in [0.29, 0.717) is 10.6 Å². The highest BCUT2D eigenvalue weighted by Gasteiger charge is 2.21. The molecule has 0 fully saturated rings. The van der Waals surface area contributed by atoms with Crippen molar-refractivity contribution >= 4 is 23.4 Å². The van der Waals surface area contributed by atoms with E-state index in [1.165, 1.54) is 17.3 Å². The van der Waals surface area contributed by atoms with Crippen molar-refractivity contribution in [1.29, 1.82) is 5.26 Å². The van der Waals surface area contributed by atoms with Crippen LogP contribution in [0.25, 0.3) is 22.4 Å². The minimum absolute atomic E-state index is 0.133. The zero-order valence-corrected chi connectivity index (χ0v) is 21.1. The number of benzene rings is 3. The number of nitriles is 1. The van der Waals surface area contributed by atoms with Gasteiger partial charge in [-0.05, 0) is 62.6 Å². The van der Waals surface area contributed by atoms with Gasteiger partial charge in [-0.15, -0.1) is 0 Å². The van der Waals surface area contributed by atoms with E-state index in [2.05, 4.69) is 11.4 Å². The zero-order valence-electron chi connectivity index (χ0n) is 20.3. The Morgan fingerprint density at radius 3 is 2.29 bits per heavy atom. The van der Waals surface area contributed by atoms with Gasteiger partial charge in [0.1, 0.15) is 11.1 Å². The summed E-state index contributed by atoms with van der Waals surface area (Å²) in [6, 6.07) is 28.2. The SMILES string of the molecule is Cc1ccc(-c2cc(-c3ccccc3)c(C#N)c(S[C@@H](C)C(=O)Nc3ccc(C)c(C)c3)n2)cc1. The lowest BCUT2D eigenvalue weighted by molar-refractivity contribution is -0.115. The first-order valence-corrected chi connectivity index (χ1v) is 12.4. The fourth-order valence-corrected chi connectivity index (χ4v) is 4.64. The predicted octanol–water partition coefficient (Wildman–Crippen LogP) is 7.33. The number of aromatic nitrogens is 1. The number of aryl methyl sites for hydroxylation is 3. The molecular weight excluding hydrogens is 450 g/mol. The Kier molecular flexibility index (Phi) is 7.33. The molecule has 5 heteroatoms. The molecule has 0 aliphatic carbocycles. The maximum atomic E-state index is 13.0. The van der Waals surface area contributed by atoms with Gasteiger partial charge in [-0.25, -0.2) is 4.98 Å². The summed E-state index contributed by atoms with van der Waals surface area (Å²) in [6.45, 7) is 7.95. The number of hydrogen-bond donors (Lipinski definition) is 1. The number of nitrogens with one attached hydrogen (secondary N) is 1. The van der Waals surface area contributed by atoms with Crippen LogP contribution in [0.15, 0.2) is 83.9 Å². The fraction of sp³-hybridized carbons (Fsp3) is 0.167. The first-order valence-electron chi connectivity index (χ1n) is 11.5. The van der Waals surface area contributed by atoms with Crippen molar-refractivity contribution in [3.8, 4) is 28.5 Å². The molecule has 0 aliphatic rings. The average molecular weight is 478 g/mol. The summed E-state index contributed by atoms with van der Waals surface area (Å²) in [5.41, 5.74) is 8.18. The third kappa shape index (κ3) is 5.62. The van der Waals surface area contributed by atoms with Crippen LogP contribution in [0.4, 0.5) is 5.69 Å². The summed E-state index contributed by atoms with van der Waals surface area (Å²) in [5, 5.41) is 13.2. The van der Waals surface area contributed by atoms with Crippen molar-refractivity contribution in [1.82, 2.24) is 4.98 Å². The van der Waals surface area contributed by atoms with E-state index in [-0.39, 0.29) is 5.91 Å². The summed E-state index contributed by atoms with van der Waals surface area (Å²) in [4.78, 5) is 17.9. The smallest absolute Gasteiger partial charge is 0.237 e. The fourth-order valence-electron chi connectivity index (χ4n) is 3.72. The van der Waals surface area contributed by atoms with Gasteiger partial charge in [0.05, 0.1) is 16.5 Å². The number of carbonyl (C=O) groups excluding carboxylic acids is 1. The summed E-state index contributed by atoms with van der Waals surface area (Å²) < 4.78 is 0. The molecule has 0 spiro atoms. The van der Waals surface area contributed by atoms with Crippen LogP contribution < -0.4 is 5.32 Å². The third-order valence-electron chi connectivity index (χ3n) is 5.96. The number of anilines is 1. The van der Waals surface area contributed by atoms with Gasteiger partial charge < -0.3 is 5.32 Å². The van der Waals surface area contributed by atoms with Crippen molar-refractivity contribution in [3.63, 3.8) is 0 Å². The van der Waals surface area contributed by atoms with Crippen molar-refractivity contribution in [3.05, 3.63) is 101 Å². The van der Waals surface area contributed by atoms with E-state index in [1.54, 1.807) is 0 Å². The first-order chi connectivity index (χ1) is 16.9. The lowest BCUT2D eigenvalue weighted by atomic mass is 9.99. The largest absolute Gasteiger partial charge is 0.325 e. The maximum absolute atomic E-state index is 13.0. The van der Waals surface area contributed by atoms with E-state index in [4.69, 9.17) is 4.98 Å². The van der Waals surface area contributed by atoms with E-state index in [9.17, 15) is 10.1 Å². The van der Waals surface area contributed by atoms with Crippen molar-refractivity contribution in [2.45, 2.75) is 38.0 Å². The number of amides is 1. The topological polar surface area (TPSA) is 65.8 Å². The van der Waals surface area contributed by atoms with Gasteiger partial charge >= 0.3 is 0 Å². The Morgan fingerprint density at radius 1 is 0.914 bits per heavy atom. The molecule has 3 aromatic carbocycles. The predicted molar refractivity (Wildman–Crippen MR) is 144 cm³/mol. The number of hydrogen-bond acceptors (Lipinski definition) is 4. The highest BCUT2D eigenvalue weighted by molar-refractivity contribution is 8.00. The number of carbonyl (C=O) groups is 1. The van der Waals surface area contributed by atoms with Crippen LogP contribution in [-0.2, 0) is 4.79 Å². The molecule has 0 saturated heterocycles. The molecule has 0 radical (unpaired) electrons. The van der Waals surface area contributed by atoms with Crippen molar-refractivity contribution in [2.75, 3.05) is 5.32 Å². The molecule has 1 aromatic heterocycles. The second kappa shape index (κ2) is 10.6. The molecule has 4 aromatic rings. The van der Waals surface area contributed by atoms with Gasteiger partial charge in [-0.2, -0.15) is 5.26 Å². The summed E-state index contributed by atoms with van der Waals surface area (Å²) >= 11 is 1.30. The highest BCUT2D eigenvalue weighted by Crippen LogP contribution is 2.36. The zero-order chi connectivity index (χ0) is 24.9. The first kappa shape index (κ1) is 24.3. The minimum Gasteiger partial charge on any atom is -0.325 e. The van der Waals surface area contributed by atoms with Crippen LogP contribution in [0, 0.1) is 32.1 Å². The van der Waals surface area contributed by atoms with Crippen molar-refractivity contribution < 1.29 is 4.79 Å². The lowest BCUT2D eigenvalue weighted by Gasteiger charge is -2.16. The molecule has 0 unspecified atom stereocenters. The molecule has 4 nitrogen and oxygen atoms in total. The van der Waals surface area contributed by atoms with Gasteiger partial charge in [0.25, 0.3) is 0 Å². The molecule has 0 bridgehead atoms. The normalized spacial score (nSPS) is 11.5. The van der Waals surface area contributed by atoms with Crippen LogP contribution in [-0.4, -0.2) is 16.1 Å². The summed E-state index contributed by atoms with van der Waals surface area (Å²) in [7, 11) is 0. The van der Waals surface area contributed by atoms with Crippen LogP contribution in [0.5, 0.6) is 0 Å². The van der Waals surface area contributed by atoms with E-state index in [1.807, 2.05) is 107 Å². The molecule has 1 amide bonds. The van der Waals surface area contributed by atoms with Crippen LogP contribution in [0.1, 0.15) is 29.2 Å². The summed E-state index contributed by atoms with van der Waals surface area (Å²) in [5.74, 6) is -0.133. The molecule has 4 rings (SSSR count). The summed E-state index contributed by atoms with van der Waals surface area (Å²) in [6.07, 6.45) is 0. The van der Waals surface area contributed by atoms with Crippen LogP contribution in [0.3, 0.4) is 0 Å². The van der Waals surface area contributed by atoms with Crippen LogP contribution in [0.2, 0.25) is 0 Å². The van der Waals surface area contributed by atoms with Crippen LogP contribution >= 0.6 is 11.8 Å². The second-order valence-electron chi connectivity index (χ2n) is 8.63. The molecule has 1 atom stereocenters. The maximum Gasteiger partial charge on any atom is 0.237 e. The van der Waals surface area contributed by atoms with Gasteiger partial charge in [-0.1, -0.05) is 78.0 Å². The number of nitrogens with zero attached hydrogens (tertiary/aromatic N) is 2. The van der Waals surface area contributed by atoms with E-state index in [0.717, 1.165) is 39.2 Å². The lowest BCUT2D eigenvalue weighted by Crippen LogP contribution is -2.22.